The molecule has 0 aliphatic rings. The smallest absolute Gasteiger partial charge is 0.411 e. The topological polar surface area (TPSA) is 126 Å². The summed E-state index contributed by atoms with van der Waals surface area (Å²) in [5, 5.41) is 6.26. The van der Waals surface area contributed by atoms with Crippen molar-refractivity contribution in [2.45, 2.75) is 64.1 Å². The lowest BCUT2D eigenvalue weighted by molar-refractivity contribution is -0.120. The molecule has 0 aliphatic heterocycles. The first-order valence-electron chi connectivity index (χ1n) is 13.8. The van der Waals surface area contributed by atoms with Crippen molar-refractivity contribution in [1.82, 2.24) is 15.0 Å². The predicted octanol–water partition coefficient (Wildman–Crippen LogP) is 6.37. The Kier molecular flexibility index (Phi) is 10.0. The molecule has 4 rings (SSSR count). The first kappa shape index (κ1) is 31.9. The number of nitrogens with zero attached hydrogens (tertiary/aromatic N) is 1. The minimum Gasteiger partial charge on any atom is -0.447 e. The van der Waals surface area contributed by atoms with E-state index in [-0.39, 0.29) is 29.9 Å². The van der Waals surface area contributed by atoms with Crippen LogP contribution in [0.15, 0.2) is 83.9 Å². The van der Waals surface area contributed by atoms with Crippen LogP contribution in [0.25, 0.3) is 21.0 Å². The quantitative estimate of drug-likeness (QED) is 0.189. The van der Waals surface area contributed by atoms with Crippen molar-refractivity contribution in [2.24, 2.45) is 0 Å². The molecule has 43 heavy (non-hydrogen) atoms. The third-order valence-corrected chi connectivity index (χ3v) is 8.84. The first-order valence-corrected chi connectivity index (χ1v) is 16.1. The minimum atomic E-state index is -3.92. The highest BCUT2D eigenvalue weighted by molar-refractivity contribution is 7.89. The summed E-state index contributed by atoms with van der Waals surface area (Å²) in [5.74, 6) is -0.155. The summed E-state index contributed by atoms with van der Waals surface area (Å²) in [6, 6.07) is 21.7. The summed E-state index contributed by atoms with van der Waals surface area (Å²) in [6.07, 6.45) is 1.13. The molecule has 9 nitrogen and oxygen atoms in total. The van der Waals surface area contributed by atoms with E-state index < -0.39 is 21.7 Å². The van der Waals surface area contributed by atoms with Gasteiger partial charge in [0.25, 0.3) is 0 Å². The molecule has 1 aromatic heterocycles. The van der Waals surface area contributed by atoms with Gasteiger partial charge in [-0.3, -0.25) is 10.1 Å². The minimum absolute atomic E-state index is 0.107. The van der Waals surface area contributed by atoms with E-state index >= 15 is 0 Å². The maximum atomic E-state index is 13.6. The number of hydrogen-bond donors (Lipinski definition) is 3. The molecule has 4 aromatic rings. The van der Waals surface area contributed by atoms with Crippen molar-refractivity contribution in [1.29, 1.82) is 0 Å². The standard InChI is InChI=1S/C32H36N4O5S2/c1-21(2)41-31(38)35-25-14-12-24(13-15-25)30-34-20-27(42-30)26-16-11-23(17-28(26)43(39,40)36-32(3,4)5)19-33-29(37)18-22-9-7-6-8-10-22/h6-17,20-21,36H,18-19H2,1-5H3,(H,33,37)(H,35,38). The molecular weight excluding hydrogens is 585 g/mol. The number of nitrogens with one attached hydrogen (secondary N) is 3. The lowest BCUT2D eigenvalue weighted by Gasteiger charge is -2.22. The van der Waals surface area contributed by atoms with Crippen LogP contribution < -0.4 is 15.4 Å². The highest BCUT2D eigenvalue weighted by Gasteiger charge is 2.26. The van der Waals surface area contributed by atoms with Crippen LogP contribution in [0.4, 0.5) is 10.5 Å². The number of aromatic nitrogens is 1. The number of carbonyl (C=O) groups excluding carboxylic acids is 2. The van der Waals surface area contributed by atoms with Crippen LogP contribution in [0.1, 0.15) is 45.7 Å². The molecule has 226 valence electrons. The molecule has 3 aromatic carbocycles. The molecule has 0 bridgehead atoms. The van der Waals surface area contributed by atoms with Gasteiger partial charge in [-0.1, -0.05) is 42.5 Å². The summed E-state index contributed by atoms with van der Waals surface area (Å²) in [5.41, 5.74) is 2.76. The maximum absolute atomic E-state index is 13.6. The number of sulfonamides is 1. The molecule has 0 saturated carbocycles. The van der Waals surface area contributed by atoms with Crippen LogP contribution >= 0.6 is 11.3 Å². The molecular formula is C32H36N4O5S2. The van der Waals surface area contributed by atoms with E-state index in [0.29, 0.717) is 26.7 Å². The van der Waals surface area contributed by atoms with Crippen LogP contribution in [-0.4, -0.2) is 37.0 Å². The molecule has 0 spiro atoms. The number of rotatable bonds is 10. The van der Waals surface area contributed by atoms with Gasteiger partial charge >= 0.3 is 6.09 Å². The summed E-state index contributed by atoms with van der Waals surface area (Å²) < 4.78 is 35.0. The van der Waals surface area contributed by atoms with E-state index in [4.69, 9.17) is 4.74 Å². The Bertz CT molecular complexity index is 1680. The van der Waals surface area contributed by atoms with E-state index in [0.717, 1.165) is 11.1 Å². The van der Waals surface area contributed by atoms with Gasteiger partial charge < -0.3 is 10.1 Å². The van der Waals surface area contributed by atoms with Crippen LogP contribution in [0.2, 0.25) is 0 Å². The Morgan fingerprint density at radius 2 is 1.65 bits per heavy atom. The zero-order valence-corrected chi connectivity index (χ0v) is 26.4. The lowest BCUT2D eigenvalue weighted by Crippen LogP contribution is -2.40. The second kappa shape index (κ2) is 13.5. The van der Waals surface area contributed by atoms with Crippen molar-refractivity contribution in [3.63, 3.8) is 0 Å². The van der Waals surface area contributed by atoms with Crippen molar-refractivity contribution in [3.8, 4) is 21.0 Å². The molecule has 0 atom stereocenters. The molecule has 3 N–H and O–H groups in total. The number of amides is 2. The summed E-state index contributed by atoms with van der Waals surface area (Å²) in [6.45, 7) is 9.08. The fourth-order valence-electron chi connectivity index (χ4n) is 4.19. The third kappa shape index (κ3) is 9.21. The SMILES string of the molecule is CC(C)OC(=O)Nc1ccc(-c2ncc(-c3ccc(CNC(=O)Cc4ccccc4)cc3S(=O)(=O)NC(C)(C)C)s2)cc1. The predicted molar refractivity (Wildman–Crippen MR) is 170 cm³/mol. The van der Waals surface area contributed by atoms with Gasteiger partial charge in [-0.05, 0) is 76.1 Å². The van der Waals surface area contributed by atoms with Gasteiger partial charge in [0.2, 0.25) is 15.9 Å². The normalized spacial score (nSPS) is 11.8. The van der Waals surface area contributed by atoms with Gasteiger partial charge in [0.1, 0.15) is 5.01 Å². The number of anilines is 1. The second-order valence-electron chi connectivity index (χ2n) is 11.3. The summed E-state index contributed by atoms with van der Waals surface area (Å²) >= 11 is 1.36. The number of hydrogen-bond acceptors (Lipinski definition) is 7. The number of ether oxygens (including phenoxy) is 1. The molecule has 11 heteroatoms. The van der Waals surface area contributed by atoms with E-state index in [2.05, 4.69) is 20.3 Å². The lowest BCUT2D eigenvalue weighted by atomic mass is 10.1. The fraction of sp³-hybridized carbons (Fsp3) is 0.281. The first-order chi connectivity index (χ1) is 20.3. The third-order valence-electron chi connectivity index (χ3n) is 5.97. The van der Waals surface area contributed by atoms with Crippen LogP contribution in [0.5, 0.6) is 0 Å². The molecule has 0 radical (unpaired) electrons. The monoisotopic (exact) mass is 620 g/mol. The number of carbonyl (C=O) groups is 2. The van der Waals surface area contributed by atoms with Crippen LogP contribution in [0.3, 0.4) is 0 Å². The Morgan fingerprint density at radius 3 is 2.30 bits per heavy atom. The Balaban J connectivity index is 1.57. The molecule has 0 fully saturated rings. The highest BCUT2D eigenvalue weighted by atomic mass is 32.2. The maximum Gasteiger partial charge on any atom is 0.411 e. The molecule has 0 saturated heterocycles. The van der Waals surface area contributed by atoms with Crippen molar-refractivity contribution in [3.05, 3.63) is 90.1 Å². The van der Waals surface area contributed by atoms with Gasteiger partial charge in [0.05, 0.1) is 22.3 Å². The zero-order chi connectivity index (χ0) is 31.2. The van der Waals surface area contributed by atoms with Gasteiger partial charge in [0, 0.05) is 35.1 Å². The highest BCUT2D eigenvalue weighted by Crippen LogP contribution is 2.36. The van der Waals surface area contributed by atoms with Gasteiger partial charge in [-0.2, -0.15) is 0 Å². The van der Waals surface area contributed by atoms with Crippen LogP contribution in [-0.2, 0) is 32.5 Å². The number of thiazole rings is 1. The zero-order valence-electron chi connectivity index (χ0n) is 24.8. The van der Waals surface area contributed by atoms with E-state index in [1.165, 1.54) is 11.3 Å². The molecule has 1 heterocycles. The Hall–Kier alpha value is -4.06. The van der Waals surface area contributed by atoms with Crippen molar-refractivity contribution >= 4 is 39.0 Å². The molecule has 0 unspecified atom stereocenters. The second-order valence-corrected chi connectivity index (χ2v) is 14.0. The number of benzene rings is 3. The average Bonchev–Trinajstić information content (AvgIpc) is 3.41. The van der Waals surface area contributed by atoms with Crippen molar-refractivity contribution in [2.75, 3.05) is 5.32 Å². The van der Waals surface area contributed by atoms with E-state index in [1.54, 1.807) is 65.1 Å². The molecule has 2 amide bonds. The van der Waals surface area contributed by atoms with Crippen LogP contribution in [0, 0.1) is 0 Å². The summed E-state index contributed by atoms with van der Waals surface area (Å²) in [7, 11) is -3.92. The Morgan fingerprint density at radius 1 is 0.953 bits per heavy atom. The largest absolute Gasteiger partial charge is 0.447 e. The molecule has 0 aliphatic carbocycles. The van der Waals surface area contributed by atoms with E-state index in [9.17, 15) is 18.0 Å². The fourth-order valence-corrected chi connectivity index (χ4v) is 6.91. The van der Waals surface area contributed by atoms with Gasteiger partial charge in [0.15, 0.2) is 0 Å². The van der Waals surface area contributed by atoms with Crippen molar-refractivity contribution < 1.29 is 22.7 Å². The van der Waals surface area contributed by atoms with Gasteiger partial charge in [-0.25, -0.2) is 22.9 Å². The summed E-state index contributed by atoms with van der Waals surface area (Å²) in [4.78, 5) is 29.7. The van der Waals surface area contributed by atoms with Gasteiger partial charge in [-0.15, -0.1) is 11.3 Å². The Labute approximate surface area is 256 Å². The average molecular weight is 621 g/mol. The van der Waals surface area contributed by atoms with E-state index in [1.807, 2.05) is 48.5 Å².